The van der Waals surface area contributed by atoms with Crippen LogP contribution in [0.25, 0.3) is 11.1 Å². The Kier molecular flexibility index (Phi) is 2.58. The average molecular weight is 265 g/mol. The molecule has 0 radical (unpaired) electrons. The molecule has 100 valence electrons. The van der Waals surface area contributed by atoms with E-state index in [1.54, 1.807) is 6.07 Å². The average Bonchev–Trinajstić information content (AvgIpc) is 2.83. The van der Waals surface area contributed by atoms with Crippen LogP contribution in [0.4, 0.5) is 4.39 Å². The zero-order chi connectivity index (χ0) is 13.8. The molecule has 2 heterocycles. The molecule has 7 heteroatoms. The fourth-order valence-electron chi connectivity index (χ4n) is 2.14. The van der Waals surface area contributed by atoms with Gasteiger partial charge in [-0.15, -0.1) is 0 Å². The molecule has 2 aromatic rings. The topological polar surface area (TPSA) is 53.6 Å². The number of aryl methyl sites for hydroxylation is 1. The van der Waals surface area contributed by atoms with Crippen LogP contribution < -0.4 is 11.2 Å². The molecule has 1 fully saturated rings. The fourth-order valence-corrected chi connectivity index (χ4v) is 2.14. The van der Waals surface area contributed by atoms with Gasteiger partial charge in [0.25, 0.3) is 0 Å². The molecule has 1 aliphatic rings. The van der Waals surface area contributed by atoms with Crippen molar-refractivity contribution in [1.29, 1.82) is 0 Å². The lowest BCUT2D eigenvalue weighted by atomic mass is 9.79. The van der Waals surface area contributed by atoms with Gasteiger partial charge in [-0.05, 0) is 31.4 Å². The number of hydrogen-bond acceptors (Lipinski definition) is 4. The highest BCUT2D eigenvalue weighted by Gasteiger charge is 2.38. The van der Waals surface area contributed by atoms with E-state index in [-0.39, 0.29) is 5.58 Å². The maximum Gasteiger partial charge on any atom is 0.494 e. The zero-order valence-corrected chi connectivity index (χ0v) is 10.9. The molecule has 0 spiro atoms. The van der Waals surface area contributed by atoms with Gasteiger partial charge in [0.15, 0.2) is 11.4 Å². The third kappa shape index (κ3) is 1.99. The van der Waals surface area contributed by atoms with E-state index in [1.165, 1.54) is 17.7 Å². The molecule has 1 saturated heterocycles. The van der Waals surface area contributed by atoms with E-state index in [0.717, 1.165) is 0 Å². The van der Waals surface area contributed by atoms with Crippen LogP contribution in [-0.4, -0.2) is 23.9 Å². The van der Waals surface area contributed by atoms with E-state index in [9.17, 15) is 9.18 Å². The quantitative estimate of drug-likeness (QED) is 0.715. The number of aromatic nitrogens is 1. The first-order valence-corrected chi connectivity index (χ1v) is 5.96. The molecule has 0 unspecified atom stereocenters. The number of hydrogen-bond donors (Lipinski definition) is 0. The molecule has 1 aliphatic heterocycles. The molecule has 0 bridgehead atoms. The van der Waals surface area contributed by atoms with Gasteiger partial charge < -0.3 is 13.7 Å². The lowest BCUT2D eigenvalue weighted by Gasteiger charge is -2.15. The molecule has 1 aromatic carbocycles. The first-order valence-electron chi connectivity index (χ1n) is 5.96. The predicted molar refractivity (Wildman–Crippen MR) is 67.9 cm³/mol. The summed E-state index contributed by atoms with van der Waals surface area (Å²) in [5.74, 6) is -1.19. The van der Waals surface area contributed by atoms with Gasteiger partial charge in [0.1, 0.15) is 0 Å². The Balaban J connectivity index is 2.11. The summed E-state index contributed by atoms with van der Waals surface area (Å²) in [5.41, 5.74) is 0.468. The van der Waals surface area contributed by atoms with Gasteiger partial charge in [-0.3, -0.25) is 4.57 Å². The van der Waals surface area contributed by atoms with Crippen molar-refractivity contribution in [2.45, 2.75) is 19.4 Å². The number of fused-ring (bicyclic) bond motifs is 1. The van der Waals surface area contributed by atoms with Crippen molar-refractivity contribution in [3.63, 3.8) is 0 Å². The summed E-state index contributed by atoms with van der Waals surface area (Å²) in [4.78, 5) is 11.4. The SMILES string of the molecule is Cn1c(=O)oc2c(F)cc(B3OCC(C)(C)O3)cc21. The Bertz CT molecular complexity index is 706. The van der Waals surface area contributed by atoms with Crippen molar-refractivity contribution in [2.75, 3.05) is 6.61 Å². The van der Waals surface area contributed by atoms with E-state index >= 15 is 0 Å². The Morgan fingerprint density at radius 3 is 2.79 bits per heavy atom. The molecule has 0 amide bonds. The zero-order valence-electron chi connectivity index (χ0n) is 10.9. The predicted octanol–water partition coefficient (Wildman–Crippen LogP) is 0.791. The van der Waals surface area contributed by atoms with Crippen molar-refractivity contribution in [1.82, 2.24) is 4.57 Å². The Labute approximate surface area is 109 Å². The highest BCUT2D eigenvalue weighted by Crippen LogP contribution is 2.21. The van der Waals surface area contributed by atoms with E-state index in [0.29, 0.717) is 17.6 Å². The summed E-state index contributed by atoms with van der Waals surface area (Å²) in [5, 5.41) is 0. The summed E-state index contributed by atoms with van der Waals surface area (Å²) in [6.45, 7) is 4.23. The van der Waals surface area contributed by atoms with Crippen LogP contribution in [0.1, 0.15) is 13.8 Å². The first-order chi connectivity index (χ1) is 8.87. The van der Waals surface area contributed by atoms with Crippen LogP contribution in [-0.2, 0) is 16.4 Å². The summed E-state index contributed by atoms with van der Waals surface area (Å²) < 4.78 is 31.2. The second kappa shape index (κ2) is 3.95. The summed E-state index contributed by atoms with van der Waals surface area (Å²) in [6.07, 6.45) is 0. The minimum absolute atomic E-state index is 0.0477. The molecule has 3 rings (SSSR count). The van der Waals surface area contributed by atoms with Gasteiger partial charge in [0, 0.05) is 7.05 Å². The van der Waals surface area contributed by atoms with E-state index in [2.05, 4.69) is 0 Å². The van der Waals surface area contributed by atoms with Gasteiger partial charge in [-0.2, -0.15) is 0 Å². The molecule has 19 heavy (non-hydrogen) atoms. The molecule has 0 atom stereocenters. The molecular weight excluding hydrogens is 252 g/mol. The van der Waals surface area contributed by atoms with Crippen LogP contribution in [0, 0.1) is 5.82 Å². The molecule has 0 saturated carbocycles. The molecule has 0 aliphatic carbocycles. The molecule has 5 nitrogen and oxygen atoms in total. The second-order valence-electron chi connectivity index (χ2n) is 5.30. The van der Waals surface area contributed by atoms with Crippen molar-refractivity contribution >= 4 is 23.7 Å². The number of benzene rings is 1. The smallest absolute Gasteiger partial charge is 0.405 e. The van der Waals surface area contributed by atoms with Gasteiger partial charge >= 0.3 is 12.9 Å². The minimum Gasteiger partial charge on any atom is -0.405 e. The van der Waals surface area contributed by atoms with Crippen LogP contribution in [0.5, 0.6) is 0 Å². The highest BCUT2D eigenvalue weighted by atomic mass is 19.1. The normalized spacial score (nSPS) is 18.4. The lowest BCUT2D eigenvalue weighted by molar-refractivity contribution is 0.137. The fraction of sp³-hybridized carbons (Fsp3) is 0.417. The molecule has 1 aromatic heterocycles. The Morgan fingerprint density at radius 2 is 2.16 bits per heavy atom. The largest absolute Gasteiger partial charge is 0.494 e. The van der Waals surface area contributed by atoms with E-state index < -0.39 is 24.3 Å². The number of nitrogens with zero attached hydrogens (tertiary/aromatic N) is 1. The van der Waals surface area contributed by atoms with Crippen molar-refractivity contribution in [3.8, 4) is 0 Å². The molecular formula is C12H13BFNO4. The van der Waals surface area contributed by atoms with E-state index in [4.69, 9.17) is 13.7 Å². The maximum atomic E-state index is 13.9. The van der Waals surface area contributed by atoms with Gasteiger partial charge in [0.05, 0.1) is 17.7 Å². The van der Waals surface area contributed by atoms with Crippen LogP contribution in [0.2, 0.25) is 0 Å². The first kappa shape index (κ1) is 12.4. The highest BCUT2D eigenvalue weighted by molar-refractivity contribution is 6.62. The monoisotopic (exact) mass is 265 g/mol. The van der Waals surface area contributed by atoms with Gasteiger partial charge in [-0.1, -0.05) is 0 Å². The minimum atomic E-state index is -0.626. The van der Waals surface area contributed by atoms with Crippen molar-refractivity contribution in [2.24, 2.45) is 7.05 Å². The van der Waals surface area contributed by atoms with Crippen LogP contribution in [0.3, 0.4) is 0 Å². The van der Waals surface area contributed by atoms with Crippen molar-refractivity contribution < 1.29 is 18.1 Å². The summed E-state index contributed by atoms with van der Waals surface area (Å²) in [6, 6.07) is 2.92. The molecule has 0 N–H and O–H groups in total. The van der Waals surface area contributed by atoms with Crippen LogP contribution >= 0.6 is 0 Å². The number of halogens is 1. The van der Waals surface area contributed by atoms with Gasteiger partial charge in [0.2, 0.25) is 0 Å². The summed E-state index contributed by atoms with van der Waals surface area (Å²) >= 11 is 0. The third-order valence-electron chi connectivity index (χ3n) is 3.15. The van der Waals surface area contributed by atoms with Crippen molar-refractivity contribution in [3.05, 3.63) is 28.5 Å². The maximum absolute atomic E-state index is 13.9. The lowest BCUT2D eigenvalue weighted by Crippen LogP contribution is -2.34. The van der Waals surface area contributed by atoms with Gasteiger partial charge in [-0.25, -0.2) is 9.18 Å². The number of oxazole rings is 1. The van der Waals surface area contributed by atoms with E-state index in [1.807, 2.05) is 13.8 Å². The standard InChI is InChI=1S/C12H13BFNO4/c1-12(2)6-17-13(19-12)7-4-8(14)10-9(5-7)15(3)11(16)18-10/h4-5H,6H2,1-3H3. The Hall–Kier alpha value is -1.60. The third-order valence-corrected chi connectivity index (χ3v) is 3.15. The summed E-state index contributed by atoms with van der Waals surface area (Å²) in [7, 11) is 0.899. The second-order valence-corrected chi connectivity index (χ2v) is 5.30. The number of rotatable bonds is 1. The Morgan fingerprint density at radius 1 is 1.42 bits per heavy atom. The van der Waals surface area contributed by atoms with Crippen LogP contribution in [0.15, 0.2) is 21.3 Å².